The molecule has 0 aliphatic heterocycles. The van der Waals surface area contributed by atoms with E-state index in [1.807, 2.05) is 43.6 Å². The maximum absolute atomic E-state index is 10.0. The van der Waals surface area contributed by atoms with Gasteiger partial charge in [0.2, 0.25) is 0 Å². The molecule has 3 aromatic rings. The van der Waals surface area contributed by atoms with Gasteiger partial charge in [0.1, 0.15) is 5.75 Å². The van der Waals surface area contributed by atoms with Crippen molar-refractivity contribution >= 4 is 16.5 Å². The summed E-state index contributed by atoms with van der Waals surface area (Å²) in [5.74, 6) is 0.315. The molecule has 19 heavy (non-hydrogen) atoms. The third-order valence-electron chi connectivity index (χ3n) is 3.19. The molecule has 0 bridgehead atoms. The SMILES string of the molecule is Cn1cc(NCc2c(O)ccc3ccccc23)cn1. The van der Waals surface area contributed by atoms with Gasteiger partial charge in [-0.25, -0.2) is 0 Å². The number of aryl methyl sites for hydroxylation is 1. The average molecular weight is 253 g/mol. The van der Waals surface area contributed by atoms with Crippen molar-refractivity contribution in [3.63, 3.8) is 0 Å². The van der Waals surface area contributed by atoms with Crippen molar-refractivity contribution in [2.45, 2.75) is 6.54 Å². The number of aromatic nitrogens is 2. The third-order valence-corrected chi connectivity index (χ3v) is 3.19. The van der Waals surface area contributed by atoms with Crippen molar-refractivity contribution < 1.29 is 5.11 Å². The molecule has 2 aromatic carbocycles. The van der Waals surface area contributed by atoms with Crippen molar-refractivity contribution in [2.24, 2.45) is 7.05 Å². The molecular formula is C15H15N3O. The number of fused-ring (bicyclic) bond motifs is 1. The molecule has 0 radical (unpaired) electrons. The van der Waals surface area contributed by atoms with Gasteiger partial charge in [-0.1, -0.05) is 30.3 Å². The van der Waals surface area contributed by atoms with Gasteiger partial charge in [0, 0.05) is 25.4 Å². The maximum Gasteiger partial charge on any atom is 0.121 e. The van der Waals surface area contributed by atoms with E-state index in [-0.39, 0.29) is 0 Å². The number of phenolic OH excluding ortho intramolecular Hbond substituents is 1. The largest absolute Gasteiger partial charge is 0.508 e. The first-order valence-electron chi connectivity index (χ1n) is 6.16. The van der Waals surface area contributed by atoms with E-state index >= 15 is 0 Å². The maximum atomic E-state index is 10.0. The fourth-order valence-corrected chi connectivity index (χ4v) is 2.21. The second-order valence-electron chi connectivity index (χ2n) is 4.54. The predicted octanol–water partition coefficient (Wildman–Crippen LogP) is 2.89. The third kappa shape index (κ3) is 2.25. The summed E-state index contributed by atoms with van der Waals surface area (Å²) >= 11 is 0. The van der Waals surface area contributed by atoms with Crippen LogP contribution in [0.5, 0.6) is 5.75 Å². The van der Waals surface area contributed by atoms with Crippen LogP contribution in [0.3, 0.4) is 0 Å². The molecular weight excluding hydrogens is 238 g/mol. The molecule has 0 saturated heterocycles. The molecule has 1 aromatic heterocycles. The molecule has 0 saturated carbocycles. The molecule has 1 heterocycles. The molecule has 4 heteroatoms. The number of anilines is 1. The normalized spacial score (nSPS) is 10.8. The number of aromatic hydroxyl groups is 1. The second-order valence-corrected chi connectivity index (χ2v) is 4.54. The van der Waals surface area contributed by atoms with Gasteiger partial charge in [-0.2, -0.15) is 5.10 Å². The first-order chi connectivity index (χ1) is 9.24. The Morgan fingerprint density at radius 3 is 2.84 bits per heavy atom. The van der Waals surface area contributed by atoms with Crippen LogP contribution in [0.2, 0.25) is 0 Å². The average Bonchev–Trinajstić information content (AvgIpc) is 2.83. The van der Waals surface area contributed by atoms with E-state index in [9.17, 15) is 5.11 Å². The first kappa shape index (κ1) is 11.6. The molecule has 4 nitrogen and oxygen atoms in total. The fraction of sp³-hybridized carbons (Fsp3) is 0.133. The van der Waals surface area contributed by atoms with E-state index in [4.69, 9.17) is 0 Å². The van der Waals surface area contributed by atoms with Gasteiger partial charge in [-0.3, -0.25) is 4.68 Å². The highest BCUT2D eigenvalue weighted by Gasteiger charge is 2.06. The Hall–Kier alpha value is -2.49. The highest BCUT2D eigenvalue weighted by atomic mass is 16.3. The zero-order valence-electron chi connectivity index (χ0n) is 10.7. The molecule has 0 aliphatic rings. The van der Waals surface area contributed by atoms with Crippen LogP contribution in [-0.4, -0.2) is 14.9 Å². The highest BCUT2D eigenvalue weighted by Crippen LogP contribution is 2.27. The first-order valence-corrected chi connectivity index (χ1v) is 6.16. The van der Waals surface area contributed by atoms with Gasteiger partial charge in [-0.05, 0) is 16.8 Å². The number of hydrogen-bond donors (Lipinski definition) is 2. The molecule has 0 unspecified atom stereocenters. The smallest absolute Gasteiger partial charge is 0.121 e. The topological polar surface area (TPSA) is 50.1 Å². The Labute approximate surface area is 111 Å². The van der Waals surface area contributed by atoms with Gasteiger partial charge in [0.05, 0.1) is 11.9 Å². The van der Waals surface area contributed by atoms with Gasteiger partial charge in [0.15, 0.2) is 0 Å². The summed E-state index contributed by atoms with van der Waals surface area (Å²) in [5, 5.41) is 19.6. The molecule has 96 valence electrons. The summed E-state index contributed by atoms with van der Waals surface area (Å²) < 4.78 is 1.74. The lowest BCUT2D eigenvalue weighted by molar-refractivity contribution is 0.470. The summed E-state index contributed by atoms with van der Waals surface area (Å²) in [6, 6.07) is 11.7. The van der Waals surface area contributed by atoms with Gasteiger partial charge >= 0.3 is 0 Å². The summed E-state index contributed by atoms with van der Waals surface area (Å²) in [5.41, 5.74) is 1.84. The van der Waals surface area contributed by atoms with E-state index in [0.29, 0.717) is 12.3 Å². The number of nitrogens with zero attached hydrogens (tertiary/aromatic N) is 2. The zero-order valence-corrected chi connectivity index (χ0v) is 10.7. The minimum Gasteiger partial charge on any atom is -0.508 e. The van der Waals surface area contributed by atoms with Crippen LogP contribution < -0.4 is 5.32 Å². The van der Waals surface area contributed by atoms with E-state index in [1.54, 1.807) is 16.9 Å². The number of phenols is 1. The fourth-order valence-electron chi connectivity index (χ4n) is 2.21. The molecule has 0 fully saturated rings. The number of hydrogen-bond acceptors (Lipinski definition) is 3. The molecule has 3 rings (SSSR count). The van der Waals surface area contributed by atoms with Crippen LogP contribution in [0.25, 0.3) is 10.8 Å². The minimum atomic E-state index is 0.315. The van der Waals surface area contributed by atoms with Crippen molar-refractivity contribution in [1.29, 1.82) is 0 Å². The van der Waals surface area contributed by atoms with E-state index in [2.05, 4.69) is 10.4 Å². The van der Waals surface area contributed by atoms with Crippen molar-refractivity contribution in [1.82, 2.24) is 9.78 Å². The van der Waals surface area contributed by atoms with Gasteiger partial charge in [-0.15, -0.1) is 0 Å². The molecule has 0 atom stereocenters. The number of nitrogens with one attached hydrogen (secondary N) is 1. The Kier molecular flexibility index (Phi) is 2.83. The van der Waals surface area contributed by atoms with Crippen molar-refractivity contribution in [2.75, 3.05) is 5.32 Å². The van der Waals surface area contributed by atoms with E-state index in [1.165, 1.54) is 0 Å². The monoisotopic (exact) mass is 253 g/mol. The standard InChI is InChI=1S/C15H15N3O/c1-18-10-12(8-17-18)16-9-14-13-5-3-2-4-11(13)6-7-15(14)19/h2-8,10,16,19H,9H2,1H3. The predicted molar refractivity (Wildman–Crippen MR) is 76.1 cm³/mol. The van der Waals surface area contributed by atoms with Crippen LogP contribution in [0.4, 0.5) is 5.69 Å². The van der Waals surface area contributed by atoms with E-state index in [0.717, 1.165) is 22.0 Å². The van der Waals surface area contributed by atoms with Crippen molar-refractivity contribution in [3.05, 3.63) is 54.4 Å². The molecule has 0 spiro atoms. The Morgan fingerprint density at radius 2 is 2.05 bits per heavy atom. The lowest BCUT2D eigenvalue weighted by atomic mass is 10.0. The number of benzene rings is 2. The zero-order chi connectivity index (χ0) is 13.2. The summed E-state index contributed by atoms with van der Waals surface area (Å²) in [4.78, 5) is 0. The van der Waals surface area contributed by atoms with Crippen molar-refractivity contribution in [3.8, 4) is 5.75 Å². The Morgan fingerprint density at radius 1 is 1.21 bits per heavy atom. The van der Waals surface area contributed by atoms with Crippen LogP contribution in [-0.2, 0) is 13.6 Å². The van der Waals surface area contributed by atoms with Gasteiger partial charge in [0.25, 0.3) is 0 Å². The lowest BCUT2D eigenvalue weighted by Gasteiger charge is -2.10. The van der Waals surface area contributed by atoms with Crippen LogP contribution in [0.15, 0.2) is 48.8 Å². The summed E-state index contributed by atoms with van der Waals surface area (Å²) in [7, 11) is 1.88. The van der Waals surface area contributed by atoms with E-state index < -0.39 is 0 Å². The highest BCUT2D eigenvalue weighted by molar-refractivity contribution is 5.87. The van der Waals surface area contributed by atoms with Crippen LogP contribution in [0.1, 0.15) is 5.56 Å². The second kappa shape index (κ2) is 4.65. The lowest BCUT2D eigenvalue weighted by Crippen LogP contribution is -1.99. The Balaban J connectivity index is 1.93. The quantitative estimate of drug-likeness (QED) is 0.754. The number of rotatable bonds is 3. The van der Waals surface area contributed by atoms with Crippen LogP contribution >= 0.6 is 0 Å². The minimum absolute atomic E-state index is 0.315. The Bertz CT molecular complexity index is 718. The summed E-state index contributed by atoms with van der Waals surface area (Å²) in [6.07, 6.45) is 3.67. The molecule has 0 amide bonds. The summed E-state index contributed by atoms with van der Waals surface area (Å²) in [6.45, 7) is 0.568. The molecule has 2 N–H and O–H groups in total. The van der Waals surface area contributed by atoms with Gasteiger partial charge < -0.3 is 10.4 Å². The molecule has 0 aliphatic carbocycles. The van der Waals surface area contributed by atoms with Crippen LogP contribution in [0, 0.1) is 0 Å².